The fourth-order valence-corrected chi connectivity index (χ4v) is 3.08. The van der Waals surface area contributed by atoms with Gasteiger partial charge < -0.3 is 10.2 Å². The Hall–Kier alpha value is -0.780. The average molecular weight is 278 g/mol. The lowest BCUT2D eigenvalue weighted by Gasteiger charge is -2.30. The van der Waals surface area contributed by atoms with Crippen LogP contribution in [0.5, 0.6) is 0 Å². The Balaban J connectivity index is 2.01. The van der Waals surface area contributed by atoms with E-state index in [1.165, 1.54) is 0 Å². The Labute approximate surface area is 111 Å². The van der Waals surface area contributed by atoms with Crippen LogP contribution in [0.1, 0.15) is 33.1 Å². The summed E-state index contributed by atoms with van der Waals surface area (Å²) in [5, 5.41) is 3.23. The van der Waals surface area contributed by atoms with Crippen LogP contribution in [-0.2, 0) is 4.79 Å². The summed E-state index contributed by atoms with van der Waals surface area (Å²) in [5.74, 6) is -0.506. The molecule has 1 saturated carbocycles. The van der Waals surface area contributed by atoms with Crippen LogP contribution in [0.4, 0.5) is 13.2 Å². The zero-order valence-electron chi connectivity index (χ0n) is 11.4. The van der Waals surface area contributed by atoms with Crippen molar-refractivity contribution in [3.63, 3.8) is 0 Å². The van der Waals surface area contributed by atoms with Crippen LogP contribution in [0.25, 0.3) is 0 Å². The van der Waals surface area contributed by atoms with Crippen LogP contribution in [0.3, 0.4) is 0 Å². The summed E-state index contributed by atoms with van der Waals surface area (Å²) in [6.45, 7) is 3.88. The fraction of sp³-hybridized carbons (Fsp3) is 0.923. The van der Waals surface area contributed by atoms with Gasteiger partial charge in [0.1, 0.15) is 6.54 Å². The third-order valence-electron chi connectivity index (χ3n) is 4.34. The van der Waals surface area contributed by atoms with Gasteiger partial charge in [-0.15, -0.1) is 0 Å². The lowest BCUT2D eigenvalue weighted by atomic mass is 9.91. The molecule has 19 heavy (non-hydrogen) atoms. The van der Waals surface area contributed by atoms with Crippen molar-refractivity contribution in [1.29, 1.82) is 0 Å². The first-order chi connectivity index (χ1) is 8.75. The minimum atomic E-state index is -4.32. The van der Waals surface area contributed by atoms with E-state index in [0.29, 0.717) is 0 Å². The number of carbonyl (C=O) groups is 1. The summed E-state index contributed by atoms with van der Waals surface area (Å²) >= 11 is 0. The van der Waals surface area contributed by atoms with Crippen molar-refractivity contribution in [2.75, 3.05) is 19.6 Å². The highest BCUT2D eigenvalue weighted by Gasteiger charge is 2.59. The Bertz CT molecular complexity index is 348. The Morgan fingerprint density at radius 3 is 2.42 bits per heavy atom. The average Bonchev–Trinajstić information content (AvgIpc) is 2.98. The first-order valence-electron chi connectivity index (χ1n) is 6.83. The Kier molecular flexibility index (Phi) is 3.82. The van der Waals surface area contributed by atoms with E-state index in [4.69, 9.17) is 0 Å². The van der Waals surface area contributed by atoms with Gasteiger partial charge in [-0.1, -0.05) is 0 Å². The number of hydrogen-bond donors (Lipinski definition) is 1. The molecule has 0 aromatic heterocycles. The van der Waals surface area contributed by atoms with Crippen LogP contribution in [0.2, 0.25) is 0 Å². The summed E-state index contributed by atoms with van der Waals surface area (Å²) in [6.07, 6.45) is -1.76. The summed E-state index contributed by atoms with van der Waals surface area (Å²) in [5.41, 5.74) is -0.0128. The molecule has 2 rings (SSSR count). The fourth-order valence-electron chi connectivity index (χ4n) is 3.08. The number of hydrogen-bond acceptors (Lipinski definition) is 2. The van der Waals surface area contributed by atoms with E-state index >= 15 is 0 Å². The molecular weight excluding hydrogens is 257 g/mol. The minimum Gasteiger partial charge on any atom is -0.331 e. The van der Waals surface area contributed by atoms with Crippen molar-refractivity contribution >= 4 is 5.91 Å². The molecule has 1 saturated heterocycles. The summed E-state index contributed by atoms with van der Waals surface area (Å²) in [6, 6.07) is -0.409. The van der Waals surface area contributed by atoms with Crippen molar-refractivity contribution in [2.24, 2.45) is 11.3 Å². The van der Waals surface area contributed by atoms with Gasteiger partial charge in [0.05, 0.1) is 0 Å². The Morgan fingerprint density at radius 2 is 1.95 bits per heavy atom. The highest BCUT2D eigenvalue weighted by molar-refractivity contribution is 5.83. The number of carbonyl (C=O) groups excluding carboxylic acids is 1. The van der Waals surface area contributed by atoms with Gasteiger partial charge in [-0.3, -0.25) is 4.79 Å². The molecule has 1 atom stereocenters. The predicted molar refractivity (Wildman–Crippen MR) is 65.5 cm³/mol. The third-order valence-corrected chi connectivity index (χ3v) is 4.34. The van der Waals surface area contributed by atoms with E-state index in [-0.39, 0.29) is 17.2 Å². The third kappa shape index (κ3) is 3.22. The zero-order chi connectivity index (χ0) is 14.3. The van der Waals surface area contributed by atoms with Gasteiger partial charge in [-0.05, 0) is 51.6 Å². The minimum absolute atomic E-state index is 0.0128. The highest BCUT2D eigenvalue weighted by Crippen LogP contribution is 2.59. The molecule has 0 bridgehead atoms. The first kappa shape index (κ1) is 14.6. The molecule has 6 heteroatoms. The van der Waals surface area contributed by atoms with Gasteiger partial charge in [-0.25, -0.2) is 0 Å². The van der Waals surface area contributed by atoms with E-state index < -0.39 is 18.8 Å². The molecule has 1 heterocycles. The molecule has 0 aromatic carbocycles. The Morgan fingerprint density at radius 1 is 1.37 bits per heavy atom. The van der Waals surface area contributed by atoms with E-state index in [9.17, 15) is 18.0 Å². The summed E-state index contributed by atoms with van der Waals surface area (Å²) in [4.78, 5) is 13.3. The molecule has 110 valence electrons. The lowest BCUT2D eigenvalue weighted by Crippen LogP contribution is -2.45. The molecule has 1 spiro atoms. The second kappa shape index (κ2) is 4.96. The normalized spacial score (nSPS) is 25.7. The highest BCUT2D eigenvalue weighted by atomic mass is 19.4. The summed E-state index contributed by atoms with van der Waals surface area (Å²) in [7, 11) is 0. The number of rotatable bonds is 3. The largest absolute Gasteiger partial charge is 0.406 e. The maximum absolute atomic E-state index is 12.5. The van der Waals surface area contributed by atoms with Crippen molar-refractivity contribution in [2.45, 2.75) is 45.3 Å². The number of piperidine rings is 1. The van der Waals surface area contributed by atoms with Crippen LogP contribution < -0.4 is 5.32 Å². The maximum atomic E-state index is 12.5. The van der Waals surface area contributed by atoms with E-state index in [0.717, 1.165) is 37.3 Å². The van der Waals surface area contributed by atoms with Crippen LogP contribution in [0.15, 0.2) is 0 Å². The second-order valence-electron chi connectivity index (χ2n) is 6.04. The molecule has 1 N–H and O–H groups in total. The monoisotopic (exact) mass is 278 g/mol. The van der Waals surface area contributed by atoms with Crippen LogP contribution >= 0.6 is 0 Å². The van der Waals surface area contributed by atoms with Gasteiger partial charge in [0.25, 0.3) is 0 Å². The van der Waals surface area contributed by atoms with Gasteiger partial charge in [-0.2, -0.15) is 13.2 Å². The SMILES string of the molecule is CC(C)N(CC(F)(F)F)C(=O)C1CC12CCNCC2. The smallest absolute Gasteiger partial charge is 0.331 e. The van der Waals surface area contributed by atoms with E-state index in [1.54, 1.807) is 13.8 Å². The maximum Gasteiger partial charge on any atom is 0.406 e. The van der Waals surface area contributed by atoms with E-state index in [1.807, 2.05) is 0 Å². The number of alkyl halides is 3. The van der Waals surface area contributed by atoms with Gasteiger partial charge in [0, 0.05) is 12.0 Å². The molecule has 1 amide bonds. The number of nitrogens with zero attached hydrogens (tertiary/aromatic N) is 1. The number of amides is 1. The molecule has 2 aliphatic rings. The zero-order valence-corrected chi connectivity index (χ0v) is 11.4. The van der Waals surface area contributed by atoms with Crippen LogP contribution in [0, 0.1) is 11.3 Å². The van der Waals surface area contributed by atoms with Crippen LogP contribution in [-0.4, -0.2) is 42.7 Å². The molecule has 0 aromatic rings. The van der Waals surface area contributed by atoms with E-state index in [2.05, 4.69) is 5.32 Å². The lowest BCUT2D eigenvalue weighted by molar-refractivity contribution is -0.166. The molecule has 1 aliphatic carbocycles. The topological polar surface area (TPSA) is 32.3 Å². The van der Waals surface area contributed by atoms with Gasteiger partial charge in [0.2, 0.25) is 5.91 Å². The van der Waals surface area contributed by atoms with Crippen molar-refractivity contribution in [3.8, 4) is 0 Å². The standard InChI is InChI=1S/C13H21F3N2O/c1-9(2)18(8-13(14,15)16)11(19)10-7-12(10)3-5-17-6-4-12/h9-10,17H,3-8H2,1-2H3. The molecule has 1 aliphatic heterocycles. The van der Waals surface area contributed by atoms with Gasteiger partial charge >= 0.3 is 6.18 Å². The molecule has 2 fully saturated rings. The van der Waals surface area contributed by atoms with Gasteiger partial charge in [0.15, 0.2) is 0 Å². The quantitative estimate of drug-likeness (QED) is 0.858. The molecular formula is C13H21F3N2O. The van der Waals surface area contributed by atoms with Crippen molar-refractivity contribution < 1.29 is 18.0 Å². The van der Waals surface area contributed by atoms with Crippen molar-refractivity contribution in [3.05, 3.63) is 0 Å². The second-order valence-corrected chi connectivity index (χ2v) is 6.04. The number of halogens is 3. The predicted octanol–water partition coefficient (Wildman–Crippen LogP) is 2.18. The molecule has 1 unspecified atom stereocenters. The first-order valence-corrected chi connectivity index (χ1v) is 6.83. The summed E-state index contributed by atoms with van der Waals surface area (Å²) < 4.78 is 37.6. The molecule has 0 radical (unpaired) electrons. The number of nitrogens with one attached hydrogen (secondary N) is 1. The van der Waals surface area contributed by atoms with Crippen molar-refractivity contribution in [1.82, 2.24) is 10.2 Å². The molecule has 3 nitrogen and oxygen atoms in total.